The van der Waals surface area contributed by atoms with Gasteiger partial charge in [0, 0.05) is 24.2 Å². The molecule has 1 unspecified atom stereocenters. The van der Waals surface area contributed by atoms with E-state index in [9.17, 15) is 14.0 Å². The molecule has 0 spiro atoms. The Morgan fingerprint density at radius 1 is 1.48 bits per heavy atom. The molecule has 2 amide bonds. The van der Waals surface area contributed by atoms with Gasteiger partial charge in [-0.15, -0.1) is 0 Å². The molecule has 1 fully saturated rings. The van der Waals surface area contributed by atoms with Crippen LogP contribution in [0.2, 0.25) is 0 Å². The molecule has 8 nitrogen and oxygen atoms in total. The summed E-state index contributed by atoms with van der Waals surface area (Å²) in [6, 6.07) is 0.552. The van der Waals surface area contributed by atoms with E-state index in [1.54, 1.807) is 0 Å². The normalized spacial score (nSPS) is 19.3. The minimum atomic E-state index is -1.12. The molecule has 1 saturated heterocycles. The van der Waals surface area contributed by atoms with Gasteiger partial charge >= 0.3 is 6.09 Å². The van der Waals surface area contributed by atoms with Crippen molar-refractivity contribution in [2.75, 3.05) is 20.3 Å². The fourth-order valence-corrected chi connectivity index (χ4v) is 3.35. The summed E-state index contributed by atoms with van der Waals surface area (Å²) < 4.78 is 25.0. The van der Waals surface area contributed by atoms with Crippen LogP contribution in [0.3, 0.4) is 0 Å². The Morgan fingerprint density at radius 3 is 2.96 bits per heavy atom. The maximum Gasteiger partial charge on any atom is 0.407 e. The van der Waals surface area contributed by atoms with Crippen molar-refractivity contribution in [3.05, 3.63) is 29.4 Å². The van der Waals surface area contributed by atoms with Crippen LogP contribution in [-0.4, -0.2) is 53.3 Å². The van der Waals surface area contributed by atoms with E-state index < -0.39 is 23.9 Å². The third-order valence-electron chi connectivity index (χ3n) is 4.70. The fourth-order valence-electron chi connectivity index (χ4n) is 3.35. The van der Waals surface area contributed by atoms with E-state index >= 15 is 0 Å². The van der Waals surface area contributed by atoms with Gasteiger partial charge in [0.25, 0.3) is 0 Å². The number of likely N-dealkylation sites (tertiary alicyclic amines) is 1. The first-order valence-electron chi connectivity index (χ1n) is 8.83. The summed E-state index contributed by atoms with van der Waals surface area (Å²) in [5.74, 6) is -0.727. The lowest BCUT2D eigenvalue weighted by Crippen LogP contribution is -2.45. The number of nitrogens with one attached hydrogen (secondary N) is 1. The van der Waals surface area contributed by atoms with Crippen LogP contribution in [0.4, 0.5) is 9.18 Å². The number of nitrogens with zero attached hydrogens (tertiary/aromatic N) is 2. The Bertz CT molecular complexity index is 768. The van der Waals surface area contributed by atoms with Crippen molar-refractivity contribution in [1.29, 1.82) is 0 Å². The highest BCUT2D eigenvalue weighted by molar-refractivity contribution is 5.85. The number of pyridine rings is 1. The highest BCUT2D eigenvalue weighted by Gasteiger charge is 2.34. The SMILES string of the molecule is COc1nc(C2=COCCC2)c(F)cc1CNC(=O)C1CCCN1C(=O)O. The van der Waals surface area contributed by atoms with Crippen LogP contribution in [0.5, 0.6) is 5.88 Å². The van der Waals surface area contributed by atoms with Crippen molar-refractivity contribution in [1.82, 2.24) is 15.2 Å². The van der Waals surface area contributed by atoms with Gasteiger partial charge in [0.15, 0.2) is 0 Å². The second-order valence-electron chi connectivity index (χ2n) is 6.46. The summed E-state index contributed by atoms with van der Waals surface area (Å²) in [5.41, 5.74) is 1.22. The van der Waals surface area contributed by atoms with Crippen LogP contribution >= 0.6 is 0 Å². The molecule has 2 aliphatic rings. The number of ether oxygens (including phenoxy) is 2. The van der Waals surface area contributed by atoms with Crippen molar-refractivity contribution < 1.29 is 28.6 Å². The van der Waals surface area contributed by atoms with Gasteiger partial charge in [0.2, 0.25) is 11.8 Å². The van der Waals surface area contributed by atoms with Gasteiger partial charge in [-0.2, -0.15) is 0 Å². The van der Waals surface area contributed by atoms with E-state index in [2.05, 4.69) is 10.3 Å². The summed E-state index contributed by atoms with van der Waals surface area (Å²) in [4.78, 5) is 28.9. The van der Waals surface area contributed by atoms with Gasteiger partial charge in [-0.05, 0) is 31.7 Å². The third kappa shape index (κ3) is 4.12. The number of hydrogen-bond acceptors (Lipinski definition) is 5. The highest BCUT2D eigenvalue weighted by Crippen LogP contribution is 2.28. The zero-order valence-electron chi connectivity index (χ0n) is 15.0. The van der Waals surface area contributed by atoms with Crippen LogP contribution < -0.4 is 10.1 Å². The van der Waals surface area contributed by atoms with Crippen LogP contribution in [0.25, 0.3) is 5.57 Å². The number of carbonyl (C=O) groups is 2. The van der Waals surface area contributed by atoms with Gasteiger partial charge in [-0.25, -0.2) is 14.2 Å². The number of rotatable bonds is 5. The molecular formula is C18H22FN3O5. The number of halogens is 1. The molecule has 1 atom stereocenters. The minimum Gasteiger partial charge on any atom is -0.501 e. The first-order chi connectivity index (χ1) is 13.0. The minimum absolute atomic E-state index is 0.00822. The van der Waals surface area contributed by atoms with E-state index in [4.69, 9.17) is 14.6 Å². The number of methoxy groups -OCH3 is 1. The molecule has 0 saturated carbocycles. The van der Waals surface area contributed by atoms with Crippen molar-refractivity contribution in [2.45, 2.75) is 38.3 Å². The van der Waals surface area contributed by atoms with Gasteiger partial charge in [0.05, 0.1) is 20.0 Å². The predicted octanol–water partition coefficient (Wildman–Crippen LogP) is 2.14. The van der Waals surface area contributed by atoms with Gasteiger partial charge in [0.1, 0.15) is 17.6 Å². The summed E-state index contributed by atoms with van der Waals surface area (Å²) >= 11 is 0. The average Bonchev–Trinajstić information content (AvgIpc) is 3.17. The molecule has 9 heteroatoms. The van der Waals surface area contributed by atoms with Crippen LogP contribution in [0.1, 0.15) is 36.9 Å². The zero-order chi connectivity index (χ0) is 19.4. The number of carboxylic acid groups (broad SMARTS) is 1. The molecule has 2 aliphatic heterocycles. The van der Waals surface area contributed by atoms with Gasteiger partial charge < -0.3 is 19.9 Å². The lowest BCUT2D eigenvalue weighted by Gasteiger charge is -2.21. The van der Waals surface area contributed by atoms with Gasteiger partial charge in [-0.1, -0.05) is 0 Å². The highest BCUT2D eigenvalue weighted by atomic mass is 19.1. The second kappa shape index (κ2) is 8.24. The lowest BCUT2D eigenvalue weighted by molar-refractivity contribution is -0.125. The Morgan fingerprint density at radius 2 is 2.30 bits per heavy atom. The monoisotopic (exact) mass is 379 g/mol. The second-order valence-corrected chi connectivity index (χ2v) is 6.46. The molecule has 0 bridgehead atoms. The third-order valence-corrected chi connectivity index (χ3v) is 4.70. The molecule has 0 aromatic carbocycles. The summed E-state index contributed by atoms with van der Waals surface area (Å²) in [5, 5.41) is 11.8. The average molecular weight is 379 g/mol. The Balaban J connectivity index is 1.73. The number of allylic oxidation sites excluding steroid dienone is 1. The molecule has 3 heterocycles. The van der Waals surface area contributed by atoms with Crippen molar-refractivity contribution in [3.8, 4) is 5.88 Å². The number of hydrogen-bond donors (Lipinski definition) is 2. The van der Waals surface area contributed by atoms with Crippen LogP contribution in [0.15, 0.2) is 12.3 Å². The Hall–Kier alpha value is -2.84. The molecule has 1 aromatic rings. The van der Waals surface area contributed by atoms with Gasteiger partial charge in [-0.3, -0.25) is 9.69 Å². The quantitative estimate of drug-likeness (QED) is 0.813. The smallest absolute Gasteiger partial charge is 0.407 e. The molecule has 146 valence electrons. The van der Waals surface area contributed by atoms with Crippen molar-refractivity contribution in [2.24, 2.45) is 0 Å². The standard InChI is InChI=1S/C18H22FN3O5/c1-26-17-12(8-13(19)15(21-17)11-4-3-7-27-10-11)9-20-16(23)14-5-2-6-22(14)18(24)25/h8,10,14H,2-7,9H2,1H3,(H,20,23)(H,24,25). The summed E-state index contributed by atoms with van der Waals surface area (Å²) in [6.45, 7) is 0.922. The topological polar surface area (TPSA) is 101 Å². The van der Waals surface area contributed by atoms with E-state index in [1.165, 1.54) is 19.4 Å². The maximum atomic E-state index is 14.5. The zero-order valence-corrected chi connectivity index (χ0v) is 15.0. The van der Waals surface area contributed by atoms with E-state index in [0.29, 0.717) is 43.6 Å². The molecule has 0 radical (unpaired) electrons. The molecule has 2 N–H and O–H groups in total. The number of aromatic nitrogens is 1. The molecule has 3 rings (SSSR count). The van der Waals surface area contributed by atoms with Crippen LogP contribution in [0, 0.1) is 5.82 Å². The van der Waals surface area contributed by atoms with Crippen molar-refractivity contribution >= 4 is 17.6 Å². The Labute approximate surface area is 156 Å². The molecular weight excluding hydrogens is 357 g/mol. The molecule has 0 aliphatic carbocycles. The first kappa shape index (κ1) is 18.9. The van der Waals surface area contributed by atoms with Crippen molar-refractivity contribution in [3.63, 3.8) is 0 Å². The molecule has 1 aromatic heterocycles. The number of carbonyl (C=O) groups excluding carboxylic acids is 1. The first-order valence-corrected chi connectivity index (χ1v) is 8.83. The van der Waals surface area contributed by atoms with E-state index in [1.807, 2.05) is 0 Å². The van der Waals surface area contributed by atoms with E-state index in [-0.39, 0.29) is 18.1 Å². The Kier molecular flexibility index (Phi) is 5.78. The maximum absolute atomic E-state index is 14.5. The lowest BCUT2D eigenvalue weighted by atomic mass is 10.0. The summed E-state index contributed by atoms with van der Waals surface area (Å²) in [6.07, 6.45) is 2.94. The number of amides is 2. The van der Waals surface area contributed by atoms with E-state index in [0.717, 1.165) is 11.3 Å². The fraction of sp³-hybridized carbons (Fsp3) is 0.500. The largest absolute Gasteiger partial charge is 0.501 e. The summed E-state index contributed by atoms with van der Waals surface area (Å²) in [7, 11) is 1.42. The molecule has 27 heavy (non-hydrogen) atoms. The van der Waals surface area contributed by atoms with Crippen LogP contribution in [-0.2, 0) is 16.1 Å². The predicted molar refractivity (Wildman–Crippen MR) is 93.5 cm³/mol.